The highest BCUT2D eigenvalue weighted by molar-refractivity contribution is 5.38. The number of aromatic nitrogens is 1. The Labute approximate surface area is 111 Å². The van der Waals surface area contributed by atoms with Gasteiger partial charge in [0.25, 0.3) is 0 Å². The number of hydrogen-bond donors (Lipinski definition) is 0. The first-order valence-electron chi connectivity index (χ1n) is 6.91. The molecule has 18 heavy (non-hydrogen) atoms. The number of hydrogen-bond acceptors (Lipinski definition) is 2. The smallest absolute Gasteiger partial charge is 0.0315 e. The Hall–Kier alpha value is -0.890. The van der Waals surface area contributed by atoms with E-state index in [1.165, 1.54) is 16.7 Å². The largest absolute Gasteiger partial charge is 0.294 e. The third kappa shape index (κ3) is 2.59. The SMILES string of the molecule is CC(C)(C)c1cncc2c1CCN(C(C)(C)C)C2. The van der Waals surface area contributed by atoms with Crippen LogP contribution >= 0.6 is 0 Å². The van der Waals surface area contributed by atoms with E-state index in [0.29, 0.717) is 0 Å². The first-order chi connectivity index (χ1) is 8.19. The molecule has 2 heterocycles. The summed E-state index contributed by atoms with van der Waals surface area (Å²) in [5.41, 5.74) is 4.83. The molecule has 1 aliphatic heterocycles. The lowest BCUT2D eigenvalue weighted by Gasteiger charge is -2.40. The molecule has 0 spiro atoms. The summed E-state index contributed by atoms with van der Waals surface area (Å²) in [5, 5.41) is 0. The quantitative estimate of drug-likeness (QED) is 0.696. The van der Waals surface area contributed by atoms with Crippen LogP contribution in [0, 0.1) is 0 Å². The fraction of sp³-hybridized carbons (Fsp3) is 0.688. The lowest BCUT2D eigenvalue weighted by Crippen LogP contribution is -2.44. The molecule has 0 saturated carbocycles. The van der Waals surface area contributed by atoms with Crippen molar-refractivity contribution in [1.82, 2.24) is 9.88 Å². The second-order valence-corrected chi connectivity index (χ2v) is 7.42. The van der Waals surface area contributed by atoms with Gasteiger partial charge in [0.15, 0.2) is 0 Å². The molecule has 2 nitrogen and oxygen atoms in total. The highest BCUT2D eigenvalue weighted by atomic mass is 15.2. The molecule has 0 saturated heterocycles. The molecule has 0 aliphatic carbocycles. The Morgan fingerprint density at radius 1 is 1.06 bits per heavy atom. The highest BCUT2D eigenvalue weighted by Crippen LogP contribution is 2.32. The Bertz CT molecular complexity index is 435. The maximum Gasteiger partial charge on any atom is 0.0315 e. The topological polar surface area (TPSA) is 16.1 Å². The lowest BCUT2D eigenvalue weighted by atomic mass is 9.81. The molecule has 2 rings (SSSR count). The lowest BCUT2D eigenvalue weighted by molar-refractivity contribution is 0.120. The van der Waals surface area contributed by atoms with Crippen LogP contribution in [0.2, 0.25) is 0 Å². The average Bonchev–Trinajstić information content (AvgIpc) is 2.25. The van der Waals surface area contributed by atoms with Gasteiger partial charge in [-0.1, -0.05) is 20.8 Å². The first-order valence-corrected chi connectivity index (χ1v) is 6.91. The monoisotopic (exact) mass is 246 g/mol. The van der Waals surface area contributed by atoms with Crippen LogP contribution in [-0.4, -0.2) is 22.0 Å². The standard InChI is InChI=1S/C16H26N2/c1-15(2,3)14-10-17-9-12-11-18(16(4,5)6)8-7-13(12)14/h9-10H,7-8,11H2,1-6H3. The predicted octanol–water partition coefficient (Wildman–Crippen LogP) is 3.54. The van der Waals surface area contributed by atoms with Crippen molar-refractivity contribution in [3.05, 3.63) is 29.1 Å². The third-order valence-electron chi connectivity index (χ3n) is 3.90. The minimum Gasteiger partial charge on any atom is -0.294 e. The van der Waals surface area contributed by atoms with Gasteiger partial charge in [-0.2, -0.15) is 0 Å². The van der Waals surface area contributed by atoms with E-state index in [9.17, 15) is 0 Å². The van der Waals surface area contributed by atoms with E-state index in [0.717, 1.165) is 19.5 Å². The van der Waals surface area contributed by atoms with E-state index in [4.69, 9.17) is 0 Å². The second kappa shape index (κ2) is 4.34. The normalized spacial score (nSPS) is 17.7. The molecule has 0 atom stereocenters. The Balaban J connectivity index is 2.36. The number of pyridine rings is 1. The summed E-state index contributed by atoms with van der Waals surface area (Å²) >= 11 is 0. The Morgan fingerprint density at radius 2 is 1.72 bits per heavy atom. The van der Waals surface area contributed by atoms with Gasteiger partial charge in [-0.3, -0.25) is 9.88 Å². The van der Waals surface area contributed by atoms with Crippen LogP contribution in [0.1, 0.15) is 58.2 Å². The van der Waals surface area contributed by atoms with E-state index in [2.05, 4.69) is 63.8 Å². The fourth-order valence-electron chi connectivity index (χ4n) is 2.71. The van der Waals surface area contributed by atoms with Gasteiger partial charge in [-0.05, 0) is 49.3 Å². The maximum atomic E-state index is 4.45. The van der Waals surface area contributed by atoms with Gasteiger partial charge in [-0.15, -0.1) is 0 Å². The number of nitrogens with zero attached hydrogens (tertiary/aromatic N) is 2. The van der Waals surface area contributed by atoms with Gasteiger partial charge in [0.05, 0.1) is 0 Å². The number of fused-ring (bicyclic) bond motifs is 1. The van der Waals surface area contributed by atoms with Crippen LogP contribution in [0.15, 0.2) is 12.4 Å². The Kier molecular flexibility index (Phi) is 3.26. The van der Waals surface area contributed by atoms with Crippen LogP contribution in [-0.2, 0) is 18.4 Å². The molecule has 100 valence electrons. The van der Waals surface area contributed by atoms with Crippen molar-refractivity contribution < 1.29 is 0 Å². The molecule has 0 amide bonds. The number of rotatable bonds is 0. The van der Waals surface area contributed by atoms with Gasteiger partial charge >= 0.3 is 0 Å². The molecule has 0 radical (unpaired) electrons. The van der Waals surface area contributed by atoms with Crippen LogP contribution in [0.25, 0.3) is 0 Å². The van der Waals surface area contributed by atoms with Crippen LogP contribution in [0.4, 0.5) is 0 Å². The summed E-state index contributed by atoms with van der Waals surface area (Å²) in [6.45, 7) is 15.9. The second-order valence-electron chi connectivity index (χ2n) is 7.42. The van der Waals surface area contributed by atoms with Crippen LogP contribution < -0.4 is 0 Å². The predicted molar refractivity (Wildman–Crippen MR) is 76.8 cm³/mol. The van der Waals surface area contributed by atoms with Crippen molar-refractivity contribution >= 4 is 0 Å². The van der Waals surface area contributed by atoms with E-state index in [1.807, 2.05) is 0 Å². The van der Waals surface area contributed by atoms with Gasteiger partial charge in [0, 0.05) is 31.0 Å². The zero-order valence-electron chi connectivity index (χ0n) is 12.7. The van der Waals surface area contributed by atoms with Crippen molar-refractivity contribution in [3.63, 3.8) is 0 Å². The van der Waals surface area contributed by atoms with Crippen LogP contribution in [0.5, 0.6) is 0 Å². The summed E-state index contributed by atoms with van der Waals surface area (Å²) in [6, 6.07) is 0. The first kappa shape index (κ1) is 13.5. The molecule has 1 aromatic heterocycles. The summed E-state index contributed by atoms with van der Waals surface area (Å²) in [6.07, 6.45) is 5.27. The molecule has 0 unspecified atom stereocenters. The van der Waals surface area contributed by atoms with E-state index >= 15 is 0 Å². The summed E-state index contributed by atoms with van der Waals surface area (Å²) < 4.78 is 0. The molecule has 0 bridgehead atoms. The molecule has 1 aromatic rings. The fourth-order valence-corrected chi connectivity index (χ4v) is 2.71. The minimum absolute atomic E-state index is 0.197. The maximum absolute atomic E-state index is 4.45. The van der Waals surface area contributed by atoms with E-state index in [-0.39, 0.29) is 11.0 Å². The van der Waals surface area contributed by atoms with Crippen molar-refractivity contribution in [2.75, 3.05) is 6.54 Å². The summed E-state index contributed by atoms with van der Waals surface area (Å²) in [7, 11) is 0. The molecule has 0 fully saturated rings. The molecule has 1 aliphatic rings. The van der Waals surface area contributed by atoms with Crippen molar-refractivity contribution in [2.45, 2.75) is 65.5 Å². The van der Waals surface area contributed by atoms with Crippen molar-refractivity contribution in [1.29, 1.82) is 0 Å². The average molecular weight is 246 g/mol. The molecule has 0 aromatic carbocycles. The van der Waals surface area contributed by atoms with Crippen molar-refractivity contribution in [3.8, 4) is 0 Å². The van der Waals surface area contributed by atoms with E-state index < -0.39 is 0 Å². The minimum atomic E-state index is 0.197. The van der Waals surface area contributed by atoms with Crippen molar-refractivity contribution in [2.24, 2.45) is 0 Å². The van der Waals surface area contributed by atoms with Gasteiger partial charge in [0.1, 0.15) is 0 Å². The molecular formula is C16H26N2. The van der Waals surface area contributed by atoms with E-state index in [1.54, 1.807) is 0 Å². The summed E-state index contributed by atoms with van der Waals surface area (Å²) in [5.74, 6) is 0. The zero-order chi connectivity index (χ0) is 13.6. The van der Waals surface area contributed by atoms with Gasteiger partial charge in [-0.25, -0.2) is 0 Å². The molecular weight excluding hydrogens is 220 g/mol. The summed E-state index contributed by atoms with van der Waals surface area (Å²) in [4.78, 5) is 7.00. The highest BCUT2D eigenvalue weighted by Gasteiger charge is 2.29. The zero-order valence-corrected chi connectivity index (χ0v) is 12.7. The van der Waals surface area contributed by atoms with Crippen LogP contribution in [0.3, 0.4) is 0 Å². The van der Waals surface area contributed by atoms with Gasteiger partial charge in [0.2, 0.25) is 0 Å². The van der Waals surface area contributed by atoms with Gasteiger partial charge < -0.3 is 0 Å². The molecule has 2 heteroatoms. The Morgan fingerprint density at radius 3 is 2.28 bits per heavy atom. The third-order valence-corrected chi connectivity index (χ3v) is 3.90. The molecule has 0 N–H and O–H groups in total.